The molecule has 74 valence electrons. The molecule has 1 aliphatic carbocycles. The number of aromatic nitrogens is 1. The number of carbonyl (C=O) groups is 1. The van der Waals surface area contributed by atoms with E-state index in [1.165, 1.54) is 12.4 Å². The summed E-state index contributed by atoms with van der Waals surface area (Å²) >= 11 is 3.19. The van der Waals surface area contributed by atoms with Crippen LogP contribution in [0.5, 0.6) is 5.75 Å². The van der Waals surface area contributed by atoms with Crippen LogP contribution >= 0.6 is 15.9 Å². The molecule has 0 aromatic carbocycles. The average molecular weight is 258 g/mol. The summed E-state index contributed by atoms with van der Waals surface area (Å²) in [6, 6.07) is 0. The lowest BCUT2D eigenvalue weighted by Crippen LogP contribution is -2.03. The Hall–Kier alpha value is -1.10. The van der Waals surface area contributed by atoms with Gasteiger partial charge in [-0.2, -0.15) is 0 Å². The molecule has 0 amide bonds. The van der Waals surface area contributed by atoms with Crippen molar-refractivity contribution in [3.05, 3.63) is 22.4 Å². The van der Waals surface area contributed by atoms with Gasteiger partial charge in [-0.3, -0.25) is 4.98 Å². The Morgan fingerprint density at radius 3 is 2.86 bits per heavy atom. The lowest BCUT2D eigenvalue weighted by molar-refractivity contribution is 0.0694. The van der Waals surface area contributed by atoms with Gasteiger partial charge in [0.2, 0.25) is 0 Å². The van der Waals surface area contributed by atoms with Crippen LogP contribution in [-0.4, -0.2) is 22.2 Å². The third-order valence-electron chi connectivity index (χ3n) is 1.90. The van der Waals surface area contributed by atoms with E-state index in [1.54, 1.807) is 0 Å². The summed E-state index contributed by atoms with van der Waals surface area (Å²) in [5.41, 5.74) is 0.128. The minimum absolute atomic E-state index is 0.128. The van der Waals surface area contributed by atoms with Crippen molar-refractivity contribution < 1.29 is 14.6 Å². The van der Waals surface area contributed by atoms with Gasteiger partial charge >= 0.3 is 5.97 Å². The second-order valence-electron chi connectivity index (χ2n) is 3.12. The van der Waals surface area contributed by atoms with Crippen molar-refractivity contribution in [3.63, 3.8) is 0 Å². The minimum atomic E-state index is -1.01. The molecule has 1 aromatic heterocycles. The van der Waals surface area contributed by atoms with Crippen molar-refractivity contribution in [2.45, 2.75) is 18.9 Å². The van der Waals surface area contributed by atoms with Gasteiger partial charge in [-0.25, -0.2) is 4.79 Å². The zero-order valence-corrected chi connectivity index (χ0v) is 8.82. The standard InChI is InChI=1S/C9H8BrNO3/c10-8-6(9(12)13)3-11-4-7(8)14-5-1-2-5/h3-5H,1-2H2,(H,12,13). The van der Waals surface area contributed by atoms with Crippen molar-refractivity contribution >= 4 is 21.9 Å². The van der Waals surface area contributed by atoms with Gasteiger partial charge < -0.3 is 9.84 Å². The number of nitrogens with zero attached hydrogens (tertiary/aromatic N) is 1. The van der Waals surface area contributed by atoms with Crippen LogP contribution in [0.2, 0.25) is 0 Å². The lowest BCUT2D eigenvalue weighted by atomic mass is 10.3. The third-order valence-corrected chi connectivity index (χ3v) is 2.71. The SMILES string of the molecule is O=C(O)c1cncc(OC2CC2)c1Br. The molecule has 1 saturated carbocycles. The number of hydrogen-bond donors (Lipinski definition) is 1. The number of carboxylic acids is 1. The highest BCUT2D eigenvalue weighted by molar-refractivity contribution is 9.10. The molecule has 5 heteroatoms. The molecule has 0 bridgehead atoms. The molecular formula is C9H8BrNO3. The van der Waals surface area contributed by atoms with E-state index in [9.17, 15) is 4.79 Å². The van der Waals surface area contributed by atoms with Crippen LogP contribution in [0, 0.1) is 0 Å². The number of hydrogen-bond acceptors (Lipinski definition) is 3. The molecule has 4 nitrogen and oxygen atoms in total. The summed E-state index contributed by atoms with van der Waals surface area (Å²) < 4.78 is 5.94. The van der Waals surface area contributed by atoms with Crippen LogP contribution in [0.25, 0.3) is 0 Å². The number of halogens is 1. The van der Waals surface area contributed by atoms with Crippen LogP contribution in [0.3, 0.4) is 0 Å². The summed E-state index contributed by atoms with van der Waals surface area (Å²) in [4.78, 5) is 14.6. The van der Waals surface area contributed by atoms with Gasteiger partial charge in [0, 0.05) is 6.20 Å². The van der Waals surface area contributed by atoms with E-state index in [0.717, 1.165) is 12.8 Å². The normalized spacial score (nSPS) is 15.2. The Bertz CT molecular complexity index is 376. The molecule has 14 heavy (non-hydrogen) atoms. The van der Waals surface area contributed by atoms with Crippen LogP contribution in [0.1, 0.15) is 23.2 Å². The zero-order chi connectivity index (χ0) is 10.1. The fourth-order valence-corrected chi connectivity index (χ4v) is 1.49. The Morgan fingerprint density at radius 2 is 2.29 bits per heavy atom. The largest absolute Gasteiger partial charge is 0.488 e. The topological polar surface area (TPSA) is 59.4 Å². The number of aromatic carboxylic acids is 1. The molecule has 1 aliphatic rings. The van der Waals surface area contributed by atoms with Crippen LogP contribution in [0.15, 0.2) is 16.9 Å². The first kappa shape index (κ1) is 9.45. The number of pyridine rings is 1. The molecule has 0 radical (unpaired) electrons. The Morgan fingerprint density at radius 1 is 1.57 bits per heavy atom. The van der Waals surface area contributed by atoms with Crippen LogP contribution in [0.4, 0.5) is 0 Å². The average Bonchev–Trinajstić information content (AvgIpc) is 2.92. The number of carboxylic acid groups (broad SMARTS) is 1. The van der Waals surface area contributed by atoms with Gasteiger partial charge in [0.25, 0.3) is 0 Å². The Kier molecular flexibility index (Phi) is 2.41. The monoisotopic (exact) mass is 257 g/mol. The number of rotatable bonds is 3. The van der Waals surface area contributed by atoms with Gasteiger partial charge in [0.1, 0.15) is 0 Å². The summed E-state index contributed by atoms with van der Waals surface area (Å²) in [6.45, 7) is 0. The molecule has 2 rings (SSSR count). The van der Waals surface area contributed by atoms with Crippen molar-refractivity contribution in [1.82, 2.24) is 4.98 Å². The van der Waals surface area contributed by atoms with Gasteiger partial charge in [0.15, 0.2) is 5.75 Å². The molecule has 1 heterocycles. The molecule has 1 N–H and O–H groups in total. The molecule has 0 aliphatic heterocycles. The van der Waals surface area contributed by atoms with E-state index in [-0.39, 0.29) is 11.7 Å². The van der Waals surface area contributed by atoms with E-state index in [1.807, 2.05) is 0 Å². The maximum atomic E-state index is 10.7. The number of ether oxygens (including phenoxy) is 1. The predicted molar refractivity (Wildman–Crippen MR) is 52.5 cm³/mol. The van der Waals surface area contributed by atoms with Crippen molar-refractivity contribution in [1.29, 1.82) is 0 Å². The van der Waals surface area contributed by atoms with Gasteiger partial charge in [-0.1, -0.05) is 0 Å². The third kappa shape index (κ3) is 1.87. The highest BCUT2D eigenvalue weighted by atomic mass is 79.9. The van der Waals surface area contributed by atoms with Crippen molar-refractivity contribution in [3.8, 4) is 5.75 Å². The highest BCUT2D eigenvalue weighted by Gasteiger charge is 2.25. The van der Waals surface area contributed by atoms with E-state index >= 15 is 0 Å². The van der Waals surface area contributed by atoms with E-state index in [0.29, 0.717) is 10.2 Å². The van der Waals surface area contributed by atoms with E-state index in [4.69, 9.17) is 9.84 Å². The van der Waals surface area contributed by atoms with Gasteiger partial charge in [-0.05, 0) is 28.8 Å². The van der Waals surface area contributed by atoms with Crippen molar-refractivity contribution in [2.75, 3.05) is 0 Å². The molecule has 0 unspecified atom stereocenters. The quantitative estimate of drug-likeness (QED) is 0.901. The van der Waals surface area contributed by atoms with Crippen molar-refractivity contribution in [2.24, 2.45) is 0 Å². The first-order valence-corrected chi connectivity index (χ1v) is 5.01. The first-order chi connectivity index (χ1) is 6.68. The Labute approximate surface area is 89.0 Å². The summed E-state index contributed by atoms with van der Waals surface area (Å²) in [7, 11) is 0. The molecule has 1 aromatic rings. The second-order valence-corrected chi connectivity index (χ2v) is 3.91. The molecule has 0 atom stereocenters. The molecular weight excluding hydrogens is 250 g/mol. The fraction of sp³-hybridized carbons (Fsp3) is 0.333. The summed E-state index contributed by atoms with van der Waals surface area (Å²) in [5.74, 6) is -0.502. The van der Waals surface area contributed by atoms with Gasteiger partial charge in [0.05, 0.1) is 22.3 Å². The first-order valence-electron chi connectivity index (χ1n) is 4.22. The highest BCUT2D eigenvalue weighted by Crippen LogP contribution is 2.33. The minimum Gasteiger partial charge on any atom is -0.488 e. The van der Waals surface area contributed by atoms with Crippen LogP contribution in [-0.2, 0) is 0 Å². The maximum Gasteiger partial charge on any atom is 0.338 e. The smallest absolute Gasteiger partial charge is 0.338 e. The summed E-state index contributed by atoms with van der Waals surface area (Å²) in [5, 5.41) is 8.81. The lowest BCUT2D eigenvalue weighted by Gasteiger charge is -2.07. The molecule has 0 saturated heterocycles. The molecule has 0 spiro atoms. The van der Waals surface area contributed by atoms with Crippen LogP contribution < -0.4 is 4.74 Å². The molecule has 1 fully saturated rings. The van der Waals surface area contributed by atoms with E-state index in [2.05, 4.69) is 20.9 Å². The fourth-order valence-electron chi connectivity index (χ4n) is 1.02. The second kappa shape index (κ2) is 3.57. The Balaban J connectivity index is 2.30. The maximum absolute atomic E-state index is 10.7. The zero-order valence-electron chi connectivity index (χ0n) is 7.24. The summed E-state index contributed by atoms with van der Waals surface area (Å²) in [6.07, 6.45) is 5.12. The predicted octanol–water partition coefficient (Wildman–Crippen LogP) is 2.08. The van der Waals surface area contributed by atoms with E-state index < -0.39 is 5.97 Å². The van der Waals surface area contributed by atoms with Gasteiger partial charge in [-0.15, -0.1) is 0 Å².